The van der Waals surface area contributed by atoms with Crippen molar-refractivity contribution in [2.24, 2.45) is 0 Å². The van der Waals surface area contributed by atoms with Gasteiger partial charge in [0.15, 0.2) is 6.61 Å². The standard InChI is InChI=1S/C15H16ClNO2S/c1-10-5-11(2)7-12(6-10)19-9-15(18)17-8-13-3-4-14(16)20-13/h3-7H,8-9H2,1-2H3,(H,17,18). The van der Waals surface area contributed by atoms with Crippen LogP contribution >= 0.6 is 22.9 Å². The van der Waals surface area contributed by atoms with Crippen LogP contribution in [0, 0.1) is 13.8 Å². The summed E-state index contributed by atoms with van der Waals surface area (Å²) in [5.74, 6) is 0.575. The van der Waals surface area contributed by atoms with E-state index >= 15 is 0 Å². The fourth-order valence-corrected chi connectivity index (χ4v) is 2.88. The molecule has 0 saturated heterocycles. The van der Waals surface area contributed by atoms with Gasteiger partial charge in [-0.3, -0.25) is 4.79 Å². The molecule has 0 fully saturated rings. The molecule has 2 aromatic rings. The first kappa shape index (κ1) is 14.9. The number of thiophene rings is 1. The second kappa shape index (κ2) is 6.77. The highest BCUT2D eigenvalue weighted by molar-refractivity contribution is 7.16. The summed E-state index contributed by atoms with van der Waals surface area (Å²) < 4.78 is 6.21. The van der Waals surface area contributed by atoms with E-state index < -0.39 is 0 Å². The number of nitrogens with one attached hydrogen (secondary N) is 1. The second-order valence-electron chi connectivity index (χ2n) is 4.59. The molecule has 5 heteroatoms. The minimum Gasteiger partial charge on any atom is -0.484 e. The van der Waals surface area contributed by atoms with Crippen molar-refractivity contribution in [1.82, 2.24) is 5.32 Å². The molecule has 2 rings (SSSR count). The molecule has 0 aliphatic rings. The topological polar surface area (TPSA) is 38.3 Å². The van der Waals surface area contributed by atoms with Gasteiger partial charge in [-0.25, -0.2) is 0 Å². The summed E-state index contributed by atoms with van der Waals surface area (Å²) in [6.07, 6.45) is 0. The highest BCUT2D eigenvalue weighted by Crippen LogP contribution is 2.21. The number of carbonyl (C=O) groups is 1. The molecule has 0 bridgehead atoms. The molecule has 1 N–H and O–H groups in total. The molecule has 1 amide bonds. The number of halogens is 1. The smallest absolute Gasteiger partial charge is 0.258 e. The number of hydrogen-bond donors (Lipinski definition) is 1. The fraction of sp³-hybridized carbons (Fsp3) is 0.267. The molecule has 0 aliphatic carbocycles. The number of amides is 1. The van der Waals surface area contributed by atoms with E-state index in [1.807, 2.05) is 38.1 Å². The Morgan fingerprint density at radius 2 is 1.95 bits per heavy atom. The van der Waals surface area contributed by atoms with Crippen LogP contribution in [0.2, 0.25) is 4.34 Å². The van der Waals surface area contributed by atoms with Crippen molar-refractivity contribution in [3.63, 3.8) is 0 Å². The Kier molecular flexibility index (Phi) is 5.04. The molecule has 0 radical (unpaired) electrons. The first-order valence-electron chi connectivity index (χ1n) is 6.25. The van der Waals surface area contributed by atoms with Gasteiger partial charge in [-0.05, 0) is 49.2 Å². The summed E-state index contributed by atoms with van der Waals surface area (Å²) in [4.78, 5) is 12.7. The third-order valence-electron chi connectivity index (χ3n) is 2.65. The average Bonchev–Trinajstić information content (AvgIpc) is 2.79. The summed E-state index contributed by atoms with van der Waals surface area (Å²) in [5, 5.41) is 2.80. The van der Waals surface area contributed by atoms with Crippen LogP contribution in [0.3, 0.4) is 0 Å². The predicted octanol–water partition coefficient (Wildman–Crippen LogP) is 3.71. The van der Waals surface area contributed by atoms with E-state index in [4.69, 9.17) is 16.3 Å². The Bertz CT molecular complexity index is 589. The Morgan fingerprint density at radius 3 is 2.55 bits per heavy atom. The van der Waals surface area contributed by atoms with Crippen LogP contribution in [0.1, 0.15) is 16.0 Å². The Morgan fingerprint density at radius 1 is 1.25 bits per heavy atom. The maximum atomic E-state index is 11.7. The largest absolute Gasteiger partial charge is 0.484 e. The molecule has 1 aromatic carbocycles. The van der Waals surface area contributed by atoms with Crippen molar-refractivity contribution in [1.29, 1.82) is 0 Å². The van der Waals surface area contributed by atoms with E-state index in [-0.39, 0.29) is 12.5 Å². The maximum absolute atomic E-state index is 11.7. The van der Waals surface area contributed by atoms with Crippen LogP contribution in [0.15, 0.2) is 30.3 Å². The van der Waals surface area contributed by atoms with Gasteiger partial charge in [0.05, 0.1) is 10.9 Å². The molecule has 0 atom stereocenters. The number of ether oxygens (including phenoxy) is 1. The molecule has 0 spiro atoms. The second-order valence-corrected chi connectivity index (χ2v) is 6.39. The van der Waals surface area contributed by atoms with Gasteiger partial charge >= 0.3 is 0 Å². The first-order valence-corrected chi connectivity index (χ1v) is 7.44. The Balaban J connectivity index is 1.80. The van der Waals surface area contributed by atoms with Gasteiger partial charge in [0.2, 0.25) is 0 Å². The van der Waals surface area contributed by atoms with Gasteiger partial charge in [-0.15, -0.1) is 11.3 Å². The summed E-state index contributed by atoms with van der Waals surface area (Å²) in [6.45, 7) is 4.50. The quantitative estimate of drug-likeness (QED) is 0.914. The lowest BCUT2D eigenvalue weighted by Crippen LogP contribution is -2.28. The summed E-state index contributed by atoms with van der Waals surface area (Å²) in [5.41, 5.74) is 2.24. The minimum absolute atomic E-state index is 0.0159. The van der Waals surface area contributed by atoms with Crippen molar-refractivity contribution in [2.45, 2.75) is 20.4 Å². The van der Waals surface area contributed by atoms with Crippen LogP contribution in [0.4, 0.5) is 0 Å². The molecule has 0 unspecified atom stereocenters. The molecule has 0 saturated carbocycles. The highest BCUT2D eigenvalue weighted by atomic mass is 35.5. The third kappa shape index (κ3) is 4.54. The molecule has 20 heavy (non-hydrogen) atoms. The van der Waals surface area contributed by atoms with Crippen LogP contribution in [0.25, 0.3) is 0 Å². The summed E-state index contributed by atoms with van der Waals surface area (Å²) >= 11 is 7.29. The van der Waals surface area contributed by atoms with Crippen molar-refractivity contribution in [3.8, 4) is 5.75 Å². The normalized spacial score (nSPS) is 10.3. The van der Waals surface area contributed by atoms with Gasteiger partial charge in [0.25, 0.3) is 5.91 Å². The van der Waals surface area contributed by atoms with E-state index in [1.54, 1.807) is 0 Å². The predicted molar refractivity (Wildman–Crippen MR) is 82.6 cm³/mol. The lowest BCUT2D eigenvalue weighted by molar-refractivity contribution is -0.123. The minimum atomic E-state index is -0.145. The van der Waals surface area contributed by atoms with Gasteiger partial charge < -0.3 is 10.1 Å². The van der Waals surface area contributed by atoms with Crippen LogP contribution in [0.5, 0.6) is 5.75 Å². The lowest BCUT2D eigenvalue weighted by Gasteiger charge is -2.08. The summed E-state index contributed by atoms with van der Waals surface area (Å²) in [7, 11) is 0. The molecular weight excluding hydrogens is 294 g/mol. The van der Waals surface area contributed by atoms with E-state index in [0.29, 0.717) is 6.54 Å². The molecule has 3 nitrogen and oxygen atoms in total. The molecule has 0 aliphatic heterocycles. The average molecular weight is 310 g/mol. The van der Waals surface area contributed by atoms with E-state index in [0.717, 1.165) is 26.1 Å². The molecular formula is C15H16ClNO2S. The van der Waals surface area contributed by atoms with E-state index in [1.165, 1.54) is 11.3 Å². The number of benzene rings is 1. The van der Waals surface area contributed by atoms with Crippen molar-refractivity contribution in [3.05, 3.63) is 50.7 Å². The number of rotatable bonds is 5. The van der Waals surface area contributed by atoms with Crippen molar-refractivity contribution >= 4 is 28.8 Å². The number of carbonyl (C=O) groups excluding carboxylic acids is 1. The number of aryl methyl sites for hydroxylation is 2. The highest BCUT2D eigenvalue weighted by Gasteiger charge is 2.05. The monoisotopic (exact) mass is 309 g/mol. The lowest BCUT2D eigenvalue weighted by atomic mass is 10.1. The Labute approximate surface area is 127 Å². The van der Waals surface area contributed by atoms with Gasteiger partial charge in [0.1, 0.15) is 5.75 Å². The zero-order chi connectivity index (χ0) is 14.5. The van der Waals surface area contributed by atoms with Gasteiger partial charge in [-0.1, -0.05) is 17.7 Å². The van der Waals surface area contributed by atoms with Crippen LogP contribution in [-0.2, 0) is 11.3 Å². The Hall–Kier alpha value is -1.52. The third-order valence-corrected chi connectivity index (χ3v) is 3.88. The van der Waals surface area contributed by atoms with Gasteiger partial charge in [0, 0.05) is 4.88 Å². The number of hydrogen-bond acceptors (Lipinski definition) is 3. The fourth-order valence-electron chi connectivity index (χ4n) is 1.85. The van der Waals surface area contributed by atoms with Crippen LogP contribution < -0.4 is 10.1 Å². The first-order chi connectivity index (χ1) is 9.52. The van der Waals surface area contributed by atoms with Crippen molar-refractivity contribution < 1.29 is 9.53 Å². The summed E-state index contributed by atoms with van der Waals surface area (Å²) in [6, 6.07) is 9.61. The van der Waals surface area contributed by atoms with E-state index in [2.05, 4.69) is 11.4 Å². The van der Waals surface area contributed by atoms with Crippen molar-refractivity contribution in [2.75, 3.05) is 6.61 Å². The molecule has 1 aromatic heterocycles. The van der Waals surface area contributed by atoms with Crippen LogP contribution in [-0.4, -0.2) is 12.5 Å². The maximum Gasteiger partial charge on any atom is 0.258 e. The van der Waals surface area contributed by atoms with Gasteiger partial charge in [-0.2, -0.15) is 0 Å². The molecule has 106 valence electrons. The SMILES string of the molecule is Cc1cc(C)cc(OCC(=O)NCc2ccc(Cl)s2)c1. The zero-order valence-corrected chi connectivity index (χ0v) is 13.0. The van der Waals surface area contributed by atoms with E-state index in [9.17, 15) is 4.79 Å². The molecule has 1 heterocycles. The zero-order valence-electron chi connectivity index (χ0n) is 11.4.